The lowest BCUT2D eigenvalue weighted by molar-refractivity contribution is -0.119. The van der Waals surface area contributed by atoms with Gasteiger partial charge in [0.15, 0.2) is 5.96 Å². The number of benzene rings is 1. The Morgan fingerprint density at radius 2 is 2.04 bits per heavy atom. The number of halogens is 1. The topological polar surface area (TPSA) is 61.7 Å². The van der Waals surface area contributed by atoms with Gasteiger partial charge in [0.2, 0.25) is 5.91 Å². The number of nitrogens with one attached hydrogen (secondary N) is 2. The minimum absolute atomic E-state index is 0. The van der Waals surface area contributed by atoms with E-state index < -0.39 is 0 Å². The van der Waals surface area contributed by atoms with Crippen molar-refractivity contribution in [2.45, 2.75) is 33.4 Å². The summed E-state index contributed by atoms with van der Waals surface area (Å²) in [7, 11) is 5.84. The predicted octanol–water partition coefficient (Wildman–Crippen LogP) is 3.84. The average Bonchev–Trinajstić information content (AvgIpc) is 3.06. The largest absolute Gasteiger partial charge is 0.353 e. The van der Waals surface area contributed by atoms with Crippen molar-refractivity contribution >= 4 is 41.5 Å². The normalized spacial score (nSPS) is 12.1. The summed E-state index contributed by atoms with van der Waals surface area (Å²) in [5.41, 5.74) is 3.13. The van der Waals surface area contributed by atoms with E-state index in [0.717, 1.165) is 30.2 Å². The summed E-state index contributed by atoms with van der Waals surface area (Å²) in [6.07, 6.45) is 2.87. The van der Waals surface area contributed by atoms with Gasteiger partial charge in [-0.05, 0) is 36.2 Å². The maximum Gasteiger partial charge on any atom is 0.227 e. The third-order valence-electron chi connectivity index (χ3n) is 4.73. The van der Waals surface area contributed by atoms with Gasteiger partial charge in [-0.25, -0.2) is 0 Å². The number of aryl methyl sites for hydroxylation is 1. The fourth-order valence-electron chi connectivity index (χ4n) is 2.75. The van der Waals surface area contributed by atoms with Gasteiger partial charge < -0.3 is 20.1 Å². The van der Waals surface area contributed by atoms with Crippen LogP contribution in [0.3, 0.4) is 0 Å². The van der Waals surface area contributed by atoms with Crippen LogP contribution in [0.1, 0.15) is 31.5 Å². The molecular weight excluding hydrogens is 465 g/mol. The molecule has 6 nitrogen and oxygen atoms in total. The molecule has 2 rings (SSSR count). The van der Waals surface area contributed by atoms with E-state index in [0.29, 0.717) is 6.54 Å². The molecule has 0 aliphatic heterocycles. The number of amides is 1. The molecule has 1 atom stereocenters. The second-order valence-corrected chi connectivity index (χ2v) is 6.87. The molecule has 7 heteroatoms. The molecule has 1 heterocycles. The molecule has 2 N–H and O–H groups in total. The number of hydrogen-bond acceptors (Lipinski definition) is 2. The van der Waals surface area contributed by atoms with Crippen LogP contribution >= 0.6 is 24.0 Å². The number of anilines is 1. The number of nitrogens with zero attached hydrogens (tertiary/aromatic N) is 3. The van der Waals surface area contributed by atoms with E-state index in [1.807, 2.05) is 64.5 Å². The van der Waals surface area contributed by atoms with E-state index in [9.17, 15) is 4.79 Å². The van der Waals surface area contributed by atoms with Crippen LogP contribution in [-0.4, -0.2) is 35.4 Å². The van der Waals surface area contributed by atoms with Crippen LogP contribution in [0.2, 0.25) is 0 Å². The quantitative estimate of drug-likeness (QED) is 0.347. The number of guanidine groups is 1. The molecule has 1 unspecified atom stereocenters. The Balaban J connectivity index is 0.00000392. The maximum absolute atomic E-state index is 12.1. The molecule has 0 bridgehead atoms. The van der Waals surface area contributed by atoms with Crippen molar-refractivity contribution < 1.29 is 4.79 Å². The second kappa shape index (κ2) is 11.7. The maximum atomic E-state index is 12.1. The van der Waals surface area contributed by atoms with Crippen molar-refractivity contribution in [3.63, 3.8) is 0 Å². The molecule has 0 saturated carbocycles. The summed E-state index contributed by atoms with van der Waals surface area (Å²) in [6, 6.07) is 12.1. The number of carbonyl (C=O) groups is 1. The first-order valence-corrected chi connectivity index (χ1v) is 9.36. The van der Waals surface area contributed by atoms with E-state index in [-0.39, 0.29) is 35.8 Å². The third-order valence-corrected chi connectivity index (χ3v) is 4.73. The lowest BCUT2D eigenvalue weighted by atomic mass is 10.1. The Labute approximate surface area is 185 Å². The molecule has 0 radical (unpaired) electrons. The zero-order valence-corrected chi connectivity index (χ0v) is 19.7. The molecule has 0 aliphatic carbocycles. The van der Waals surface area contributed by atoms with E-state index >= 15 is 0 Å². The fraction of sp³-hybridized carbons (Fsp3) is 0.429. The van der Waals surface area contributed by atoms with Crippen molar-refractivity contribution in [3.8, 4) is 0 Å². The van der Waals surface area contributed by atoms with Crippen molar-refractivity contribution in [2.75, 3.05) is 19.4 Å². The van der Waals surface area contributed by atoms with Crippen LogP contribution in [-0.2, 0) is 24.9 Å². The summed E-state index contributed by atoms with van der Waals surface area (Å²) in [5.74, 6) is 0.891. The van der Waals surface area contributed by atoms with Gasteiger partial charge in [-0.15, -0.1) is 24.0 Å². The Hall–Kier alpha value is -2.03. The van der Waals surface area contributed by atoms with Crippen LogP contribution in [0.25, 0.3) is 0 Å². The highest BCUT2D eigenvalue weighted by atomic mass is 127. The molecule has 2 aromatic rings. The van der Waals surface area contributed by atoms with Crippen molar-refractivity contribution in [2.24, 2.45) is 18.0 Å². The molecular formula is C21H32IN5O. The van der Waals surface area contributed by atoms with E-state index in [1.54, 1.807) is 7.05 Å². The van der Waals surface area contributed by atoms with E-state index in [2.05, 4.69) is 31.2 Å². The van der Waals surface area contributed by atoms with E-state index in [1.165, 1.54) is 5.69 Å². The number of hydrogen-bond donors (Lipinski definition) is 2. The highest BCUT2D eigenvalue weighted by Gasteiger charge is 2.11. The van der Waals surface area contributed by atoms with Gasteiger partial charge in [-0.2, -0.15) is 0 Å². The van der Waals surface area contributed by atoms with Gasteiger partial charge >= 0.3 is 0 Å². The minimum Gasteiger partial charge on any atom is -0.353 e. The summed E-state index contributed by atoms with van der Waals surface area (Å²) < 4.78 is 2.10. The number of aliphatic imine (C=N–C) groups is 1. The zero-order valence-electron chi connectivity index (χ0n) is 17.4. The molecule has 0 spiro atoms. The molecule has 28 heavy (non-hydrogen) atoms. The van der Waals surface area contributed by atoms with Gasteiger partial charge in [0, 0.05) is 51.2 Å². The van der Waals surface area contributed by atoms with Crippen LogP contribution < -0.4 is 10.6 Å². The zero-order chi connectivity index (χ0) is 19.8. The third kappa shape index (κ3) is 6.85. The molecule has 1 aromatic carbocycles. The van der Waals surface area contributed by atoms with Gasteiger partial charge in [-0.1, -0.05) is 26.0 Å². The molecule has 1 amide bonds. The van der Waals surface area contributed by atoms with Gasteiger partial charge in [-0.3, -0.25) is 9.79 Å². The first kappa shape index (κ1) is 24.0. The summed E-state index contributed by atoms with van der Waals surface area (Å²) in [4.78, 5) is 18.5. The lowest BCUT2D eigenvalue weighted by Crippen LogP contribution is -2.38. The fourth-order valence-corrected chi connectivity index (χ4v) is 2.75. The van der Waals surface area contributed by atoms with Crippen LogP contribution in [0, 0.1) is 5.92 Å². The lowest BCUT2D eigenvalue weighted by Gasteiger charge is -2.22. The highest BCUT2D eigenvalue weighted by molar-refractivity contribution is 14.0. The van der Waals surface area contributed by atoms with Gasteiger partial charge in [0.05, 0.1) is 6.54 Å². The predicted molar refractivity (Wildman–Crippen MR) is 127 cm³/mol. The molecule has 0 fully saturated rings. The SMILES string of the molecule is CCC(C)C(=O)Nc1cccc(CNC(=NC)N(C)Cc2cccn2C)c1.I. The highest BCUT2D eigenvalue weighted by Crippen LogP contribution is 2.13. The Bertz CT molecular complexity index is 787. The first-order valence-electron chi connectivity index (χ1n) is 9.36. The average molecular weight is 497 g/mol. The summed E-state index contributed by atoms with van der Waals surface area (Å²) in [5, 5.41) is 6.37. The summed E-state index contributed by atoms with van der Waals surface area (Å²) >= 11 is 0. The molecule has 154 valence electrons. The van der Waals surface area contributed by atoms with Crippen molar-refractivity contribution in [1.29, 1.82) is 0 Å². The molecule has 0 aliphatic rings. The van der Waals surface area contributed by atoms with Crippen molar-refractivity contribution in [3.05, 3.63) is 53.9 Å². The monoisotopic (exact) mass is 497 g/mol. The van der Waals surface area contributed by atoms with Crippen LogP contribution in [0.4, 0.5) is 5.69 Å². The van der Waals surface area contributed by atoms with Crippen molar-refractivity contribution in [1.82, 2.24) is 14.8 Å². The van der Waals surface area contributed by atoms with Gasteiger partial charge in [0.25, 0.3) is 0 Å². The number of rotatable bonds is 7. The Morgan fingerprint density at radius 1 is 1.29 bits per heavy atom. The standard InChI is InChI=1S/C21H31N5O.HI/c1-6-16(2)20(27)24-18-10-7-9-17(13-18)14-23-21(22-3)26(5)15-19-11-8-12-25(19)4;/h7-13,16H,6,14-15H2,1-5H3,(H,22,23)(H,24,27);1H. The van der Waals surface area contributed by atoms with Gasteiger partial charge in [0.1, 0.15) is 0 Å². The number of aromatic nitrogens is 1. The smallest absolute Gasteiger partial charge is 0.227 e. The first-order chi connectivity index (χ1) is 12.9. The minimum atomic E-state index is 0. The van der Waals surface area contributed by atoms with Crippen LogP contribution in [0.5, 0.6) is 0 Å². The number of carbonyl (C=O) groups excluding carboxylic acids is 1. The molecule has 1 aromatic heterocycles. The Morgan fingerprint density at radius 3 is 2.64 bits per heavy atom. The summed E-state index contributed by atoms with van der Waals surface area (Å²) in [6.45, 7) is 5.36. The second-order valence-electron chi connectivity index (χ2n) is 6.87. The van der Waals surface area contributed by atoms with E-state index in [4.69, 9.17) is 0 Å². The van der Waals surface area contributed by atoms with Crippen LogP contribution in [0.15, 0.2) is 47.6 Å². The Kier molecular flexibility index (Phi) is 10.1. The molecule has 0 saturated heterocycles.